The summed E-state index contributed by atoms with van der Waals surface area (Å²) in [6.07, 6.45) is 2.41. The lowest BCUT2D eigenvalue weighted by atomic mass is 10.2. The van der Waals surface area contributed by atoms with Crippen LogP contribution in [0.4, 0.5) is 10.1 Å². The second-order valence-electron chi connectivity index (χ2n) is 4.79. The minimum absolute atomic E-state index is 0.0889. The minimum atomic E-state index is -3.87. The van der Waals surface area contributed by atoms with Crippen molar-refractivity contribution >= 4 is 21.5 Å². The molecule has 114 valence electrons. The van der Waals surface area contributed by atoms with E-state index in [0.29, 0.717) is 6.42 Å². The molecule has 22 heavy (non-hydrogen) atoms. The van der Waals surface area contributed by atoms with Crippen molar-refractivity contribution in [2.75, 3.05) is 5.01 Å². The Bertz CT molecular complexity index is 837. The van der Waals surface area contributed by atoms with E-state index in [0.717, 1.165) is 22.8 Å². The van der Waals surface area contributed by atoms with E-state index in [1.54, 1.807) is 12.3 Å². The first-order valence-corrected chi connectivity index (χ1v) is 7.99. The number of halogens is 1. The number of sulfonamides is 1. The van der Waals surface area contributed by atoms with Crippen molar-refractivity contribution in [2.24, 2.45) is 10.2 Å². The maximum Gasteiger partial charge on any atom is 0.286 e. The lowest BCUT2D eigenvalue weighted by Crippen LogP contribution is -2.41. The van der Waals surface area contributed by atoms with Crippen LogP contribution in [0.5, 0.6) is 0 Å². The van der Waals surface area contributed by atoms with Gasteiger partial charge in [0.15, 0.2) is 0 Å². The fraction of sp³-hybridized carbons (Fsp3) is 0.143. The number of hydrogen-bond acceptors (Lipinski definition) is 5. The molecule has 0 fully saturated rings. The first kappa shape index (κ1) is 14.6. The predicted octanol–water partition coefficient (Wildman–Crippen LogP) is 1.63. The Morgan fingerprint density at radius 1 is 1.18 bits per heavy atom. The molecule has 3 rings (SSSR count). The molecule has 0 aliphatic carbocycles. The molecule has 0 radical (unpaired) electrons. The maximum absolute atomic E-state index is 13.4. The average molecular weight is 320 g/mol. The molecule has 1 aliphatic heterocycles. The second-order valence-corrected chi connectivity index (χ2v) is 6.36. The Balaban J connectivity index is 1.92. The van der Waals surface area contributed by atoms with Gasteiger partial charge in [0.25, 0.3) is 10.0 Å². The molecular weight excluding hydrogens is 307 g/mol. The summed E-state index contributed by atoms with van der Waals surface area (Å²) in [5.41, 5.74) is 0.882. The molecule has 0 bridgehead atoms. The van der Waals surface area contributed by atoms with Gasteiger partial charge >= 0.3 is 0 Å². The number of rotatable bonds is 3. The summed E-state index contributed by atoms with van der Waals surface area (Å²) in [5, 5.41) is 1.11. The van der Waals surface area contributed by atoms with E-state index in [2.05, 4.69) is 9.38 Å². The van der Waals surface area contributed by atoms with Crippen molar-refractivity contribution in [3.63, 3.8) is 0 Å². The van der Waals surface area contributed by atoms with Crippen LogP contribution in [-0.2, 0) is 16.4 Å². The van der Waals surface area contributed by atoms with E-state index in [1.807, 2.05) is 12.1 Å². The van der Waals surface area contributed by atoms with Gasteiger partial charge in [0.2, 0.25) is 0 Å². The molecular formula is C14H13FN4O2S. The summed E-state index contributed by atoms with van der Waals surface area (Å²) >= 11 is 0. The summed E-state index contributed by atoms with van der Waals surface area (Å²) in [6, 6.07) is 8.78. The molecule has 8 heteroatoms. The summed E-state index contributed by atoms with van der Waals surface area (Å²) < 4.78 is 41.4. The Kier molecular flexibility index (Phi) is 3.63. The topological polar surface area (TPSA) is 88.7 Å². The van der Waals surface area contributed by atoms with E-state index >= 15 is 0 Å². The number of aromatic nitrogens is 1. The molecule has 0 saturated heterocycles. The molecule has 2 N–H and O–H groups in total. The molecule has 1 aromatic carbocycles. The van der Waals surface area contributed by atoms with Crippen molar-refractivity contribution in [1.82, 2.24) is 4.98 Å². The summed E-state index contributed by atoms with van der Waals surface area (Å²) in [6.45, 7) is 0. The first-order chi connectivity index (χ1) is 10.5. The summed E-state index contributed by atoms with van der Waals surface area (Å²) in [5.74, 6) is 5.49. The van der Waals surface area contributed by atoms with Crippen LogP contribution < -0.4 is 10.9 Å². The van der Waals surface area contributed by atoms with E-state index in [-0.39, 0.29) is 22.8 Å². The molecule has 0 amide bonds. The lowest BCUT2D eigenvalue weighted by Gasteiger charge is -2.26. The van der Waals surface area contributed by atoms with Gasteiger partial charge in [-0.1, -0.05) is 6.07 Å². The highest BCUT2D eigenvalue weighted by Crippen LogP contribution is 2.31. The van der Waals surface area contributed by atoms with Gasteiger partial charge in [-0.2, -0.15) is 8.42 Å². The Morgan fingerprint density at radius 3 is 2.73 bits per heavy atom. The van der Waals surface area contributed by atoms with Gasteiger partial charge < -0.3 is 0 Å². The fourth-order valence-corrected chi connectivity index (χ4v) is 3.44. The quantitative estimate of drug-likeness (QED) is 0.868. The fourth-order valence-electron chi connectivity index (χ4n) is 2.22. The second kappa shape index (κ2) is 5.47. The number of anilines is 1. The van der Waals surface area contributed by atoms with E-state index < -0.39 is 15.8 Å². The molecule has 0 saturated carbocycles. The van der Waals surface area contributed by atoms with E-state index in [1.165, 1.54) is 6.07 Å². The number of nitrogens with zero attached hydrogens (tertiary/aromatic N) is 3. The van der Waals surface area contributed by atoms with Crippen LogP contribution in [0.25, 0.3) is 0 Å². The number of hydrogen-bond donors (Lipinski definition) is 1. The average Bonchev–Trinajstić information content (AvgIpc) is 2.50. The highest BCUT2D eigenvalue weighted by molar-refractivity contribution is 7.90. The first-order valence-electron chi connectivity index (χ1n) is 6.55. The number of nitrogens with two attached hydrogens (primary N) is 1. The molecule has 0 spiro atoms. The Labute approximate surface area is 127 Å². The third-order valence-corrected chi connectivity index (χ3v) is 4.65. The number of aryl methyl sites for hydroxylation is 1. The van der Waals surface area contributed by atoms with Crippen LogP contribution in [0, 0.1) is 5.82 Å². The smallest absolute Gasteiger partial charge is 0.264 e. The van der Waals surface area contributed by atoms with Gasteiger partial charge in [-0.25, -0.2) is 10.2 Å². The van der Waals surface area contributed by atoms with Gasteiger partial charge in [-0.05, 0) is 30.7 Å². The zero-order valence-electron chi connectivity index (χ0n) is 11.5. The van der Waals surface area contributed by atoms with Crippen molar-refractivity contribution in [3.05, 3.63) is 54.1 Å². The molecule has 6 nitrogen and oxygen atoms in total. The van der Waals surface area contributed by atoms with E-state index in [4.69, 9.17) is 5.84 Å². The minimum Gasteiger partial charge on any atom is -0.264 e. The third kappa shape index (κ3) is 2.70. The SMILES string of the molecule is NN1C(CCc2ccccn2)=NS(=O)(=O)c2ccc(F)cc21. The van der Waals surface area contributed by atoms with Gasteiger partial charge in [0.1, 0.15) is 16.5 Å². The van der Waals surface area contributed by atoms with Crippen LogP contribution >= 0.6 is 0 Å². The molecule has 2 aromatic rings. The van der Waals surface area contributed by atoms with Crippen LogP contribution in [0.3, 0.4) is 0 Å². The van der Waals surface area contributed by atoms with Crippen LogP contribution in [0.1, 0.15) is 12.1 Å². The van der Waals surface area contributed by atoms with Gasteiger partial charge in [0, 0.05) is 24.4 Å². The number of hydrazine groups is 1. The standard InChI is InChI=1S/C14H13FN4O2S/c15-10-4-6-13-12(9-10)19(16)14(18-22(13,20)21)7-5-11-3-1-2-8-17-11/h1-4,6,8-9H,5,7,16H2. The molecule has 0 unspecified atom stereocenters. The summed E-state index contributed by atoms with van der Waals surface area (Å²) in [4.78, 5) is 4.06. The van der Waals surface area contributed by atoms with Crippen LogP contribution in [0.2, 0.25) is 0 Å². The maximum atomic E-state index is 13.4. The van der Waals surface area contributed by atoms with Gasteiger partial charge in [-0.15, -0.1) is 4.40 Å². The molecule has 1 aliphatic rings. The molecule has 1 aromatic heterocycles. The van der Waals surface area contributed by atoms with Crippen molar-refractivity contribution < 1.29 is 12.8 Å². The normalized spacial score (nSPS) is 16.1. The molecule has 0 atom stereocenters. The van der Waals surface area contributed by atoms with Crippen LogP contribution in [0.15, 0.2) is 51.9 Å². The zero-order chi connectivity index (χ0) is 15.7. The number of amidine groups is 1. The molecule has 2 heterocycles. The highest BCUT2D eigenvalue weighted by Gasteiger charge is 2.29. The number of pyridine rings is 1. The third-order valence-electron chi connectivity index (χ3n) is 3.29. The van der Waals surface area contributed by atoms with Gasteiger partial charge in [-0.3, -0.25) is 9.99 Å². The van der Waals surface area contributed by atoms with Crippen molar-refractivity contribution in [1.29, 1.82) is 0 Å². The van der Waals surface area contributed by atoms with Crippen molar-refractivity contribution in [3.8, 4) is 0 Å². The Hall–Kier alpha value is -2.32. The van der Waals surface area contributed by atoms with Crippen LogP contribution in [-0.4, -0.2) is 19.2 Å². The van der Waals surface area contributed by atoms with Crippen molar-refractivity contribution in [2.45, 2.75) is 17.7 Å². The number of benzene rings is 1. The largest absolute Gasteiger partial charge is 0.286 e. The monoisotopic (exact) mass is 320 g/mol. The highest BCUT2D eigenvalue weighted by atomic mass is 32.2. The Morgan fingerprint density at radius 2 is 2.00 bits per heavy atom. The lowest BCUT2D eigenvalue weighted by molar-refractivity contribution is 0.594. The summed E-state index contributed by atoms with van der Waals surface area (Å²) in [7, 11) is -3.87. The number of fused-ring (bicyclic) bond motifs is 1. The predicted molar refractivity (Wildman–Crippen MR) is 80.2 cm³/mol. The zero-order valence-corrected chi connectivity index (χ0v) is 12.3. The van der Waals surface area contributed by atoms with Gasteiger partial charge in [0.05, 0.1) is 5.69 Å². The van der Waals surface area contributed by atoms with E-state index in [9.17, 15) is 12.8 Å².